The van der Waals surface area contributed by atoms with Gasteiger partial charge in [0, 0.05) is 5.02 Å². The molecule has 0 spiro atoms. The zero-order valence-corrected chi connectivity index (χ0v) is 16.5. The summed E-state index contributed by atoms with van der Waals surface area (Å²) < 4.78 is 5.23. The summed E-state index contributed by atoms with van der Waals surface area (Å²) in [6.45, 7) is 3.09. The normalized spacial score (nSPS) is 11.7. The van der Waals surface area contributed by atoms with Gasteiger partial charge in [0.1, 0.15) is 0 Å². The monoisotopic (exact) mass is 418 g/mol. The van der Waals surface area contributed by atoms with Crippen LogP contribution in [0.2, 0.25) is 10.0 Å². The molecule has 0 aliphatic carbocycles. The van der Waals surface area contributed by atoms with E-state index in [9.17, 15) is 9.59 Å². The van der Waals surface area contributed by atoms with Crippen molar-refractivity contribution in [1.82, 2.24) is 15.0 Å². The Morgan fingerprint density at radius 2 is 1.82 bits per heavy atom. The summed E-state index contributed by atoms with van der Waals surface area (Å²) in [5, 5.41) is 11.7. The van der Waals surface area contributed by atoms with E-state index in [0.29, 0.717) is 27.1 Å². The van der Waals surface area contributed by atoms with E-state index in [1.165, 1.54) is 17.8 Å². The van der Waals surface area contributed by atoms with E-state index in [4.69, 9.17) is 27.9 Å². The molecule has 0 saturated heterocycles. The van der Waals surface area contributed by atoms with Crippen molar-refractivity contribution in [3.05, 3.63) is 70.0 Å². The molecule has 3 rings (SSSR count). The number of anilines is 1. The van der Waals surface area contributed by atoms with Crippen molar-refractivity contribution in [3.63, 3.8) is 0 Å². The van der Waals surface area contributed by atoms with Gasteiger partial charge in [0.2, 0.25) is 0 Å². The third-order valence-electron chi connectivity index (χ3n) is 3.80. The van der Waals surface area contributed by atoms with E-state index in [1.54, 1.807) is 31.2 Å². The van der Waals surface area contributed by atoms with Crippen LogP contribution >= 0.6 is 23.2 Å². The summed E-state index contributed by atoms with van der Waals surface area (Å²) in [6, 6.07) is 13.8. The first-order valence-electron chi connectivity index (χ1n) is 8.31. The Balaban J connectivity index is 1.69. The number of nitrogens with one attached hydrogen (secondary N) is 1. The lowest BCUT2D eigenvalue weighted by atomic mass is 10.3. The number of carbonyl (C=O) groups excluding carboxylic acids is 2. The van der Waals surface area contributed by atoms with Crippen molar-refractivity contribution in [2.75, 3.05) is 5.32 Å². The van der Waals surface area contributed by atoms with E-state index < -0.39 is 18.0 Å². The molecule has 1 amide bonds. The van der Waals surface area contributed by atoms with Crippen LogP contribution in [0.25, 0.3) is 5.69 Å². The molecule has 0 aliphatic heterocycles. The molecule has 1 N–H and O–H groups in total. The molecule has 9 heteroatoms. The van der Waals surface area contributed by atoms with E-state index in [2.05, 4.69) is 15.5 Å². The van der Waals surface area contributed by atoms with Crippen LogP contribution in [0.3, 0.4) is 0 Å². The van der Waals surface area contributed by atoms with Gasteiger partial charge in [-0.25, -0.2) is 4.79 Å². The summed E-state index contributed by atoms with van der Waals surface area (Å²) in [6.07, 6.45) is -1.08. The number of hydrogen-bond acceptors (Lipinski definition) is 5. The maximum atomic E-state index is 12.4. The standard InChI is InChI=1S/C19H16Cl2N4O3/c1-11-17(24-25(23-11)14-6-4-3-5-7-14)19(27)28-12(2)18(26)22-16-10-13(20)8-9-15(16)21/h3-10,12H,1-2H3,(H,22,26). The SMILES string of the molecule is Cc1nn(-c2ccccc2)nc1C(=O)OC(C)C(=O)Nc1cc(Cl)ccc1Cl. The van der Waals surface area contributed by atoms with Crippen molar-refractivity contribution < 1.29 is 14.3 Å². The number of ether oxygens (including phenoxy) is 1. The predicted octanol–water partition coefficient (Wildman–Crippen LogP) is 4.07. The quantitative estimate of drug-likeness (QED) is 0.631. The van der Waals surface area contributed by atoms with Gasteiger partial charge >= 0.3 is 5.97 Å². The molecule has 1 heterocycles. The van der Waals surface area contributed by atoms with Gasteiger partial charge < -0.3 is 10.1 Å². The Bertz CT molecular complexity index is 1020. The number of para-hydroxylation sites is 1. The minimum absolute atomic E-state index is 0.0318. The lowest BCUT2D eigenvalue weighted by Crippen LogP contribution is -2.30. The van der Waals surface area contributed by atoms with Crippen molar-refractivity contribution in [2.45, 2.75) is 20.0 Å². The summed E-state index contributed by atoms with van der Waals surface area (Å²) in [7, 11) is 0. The maximum Gasteiger partial charge on any atom is 0.361 e. The molecule has 2 aromatic carbocycles. The molecule has 0 aliphatic rings. The molecular weight excluding hydrogens is 403 g/mol. The van der Waals surface area contributed by atoms with Crippen molar-refractivity contribution in [2.24, 2.45) is 0 Å². The minimum Gasteiger partial charge on any atom is -0.448 e. The van der Waals surface area contributed by atoms with Gasteiger partial charge in [-0.05, 0) is 44.2 Å². The molecule has 0 bridgehead atoms. The Kier molecular flexibility index (Phi) is 5.96. The van der Waals surface area contributed by atoms with E-state index in [1.807, 2.05) is 18.2 Å². The fraction of sp³-hybridized carbons (Fsp3) is 0.158. The highest BCUT2D eigenvalue weighted by atomic mass is 35.5. The molecule has 1 aromatic heterocycles. The fourth-order valence-electron chi connectivity index (χ4n) is 2.34. The number of aromatic nitrogens is 3. The largest absolute Gasteiger partial charge is 0.448 e. The minimum atomic E-state index is -1.08. The molecule has 7 nitrogen and oxygen atoms in total. The van der Waals surface area contributed by atoms with E-state index in [0.717, 1.165) is 0 Å². The molecule has 144 valence electrons. The van der Waals surface area contributed by atoms with Crippen LogP contribution in [0.15, 0.2) is 48.5 Å². The number of aryl methyl sites for hydroxylation is 1. The van der Waals surface area contributed by atoms with Crippen LogP contribution in [-0.4, -0.2) is 33.0 Å². The molecule has 0 saturated carbocycles. The number of carbonyl (C=O) groups is 2. The van der Waals surface area contributed by atoms with Crippen LogP contribution in [0.1, 0.15) is 23.1 Å². The van der Waals surface area contributed by atoms with Crippen LogP contribution in [-0.2, 0) is 9.53 Å². The van der Waals surface area contributed by atoms with Gasteiger partial charge in [-0.3, -0.25) is 4.79 Å². The first-order chi connectivity index (χ1) is 13.3. The first kappa shape index (κ1) is 19.9. The third kappa shape index (κ3) is 4.49. The summed E-state index contributed by atoms with van der Waals surface area (Å²) in [5.41, 5.74) is 1.45. The highest BCUT2D eigenvalue weighted by Gasteiger charge is 2.24. The third-order valence-corrected chi connectivity index (χ3v) is 4.37. The lowest BCUT2D eigenvalue weighted by Gasteiger charge is -2.13. The number of halogens is 2. The number of benzene rings is 2. The van der Waals surface area contributed by atoms with Crippen LogP contribution in [0.4, 0.5) is 5.69 Å². The number of esters is 1. The van der Waals surface area contributed by atoms with Crippen molar-refractivity contribution in [3.8, 4) is 5.69 Å². The number of nitrogens with zero attached hydrogens (tertiary/aromatic N) is 3. The van der Waals surface area contributed by atoms with Gasteiger partial charge in [0.25, 0.3) is 5.91 Å². The summed E-state index contributed by atoms with van der Waals surface area (Å²) >= 11 is 11.9. The Hall–Kier alpha value is -2.90. The highest BCUT2D eigenvalue weighted by Crippen LogP contribution is 2.25. The van der Waals surface area contributed by atoms with Gasteiger partial charge in [-0.1, -0.05) is 41.4 Å². The Morgan fingerprint density at radius 3 is 2.54 bits per heavy atom. The predicted molar refractivity (Wildman–Crippen MR) is 106 cm³/mol. The fourth-order valence-corrected chi connectivity index (χ4v) is 2.68. The average Bonchev–Trinajstić information content (AvgIpc) is 3.07. The summed E-state index contributed by atoms with van der Waals surface area (Å²) in [5.74, 6) is -1.30. The van der Waals surface area contributed by atoms with E-state index in [-0.39, 0.29) is 5.69 Å². The zero-order chi connectivity index (χ0) is 20.3. The lowest BCUT2D eigenvalue weighted by molar-refractivity contribution is -0.123. The number of rotatable bonds is 5. The molecule has 0 radical (unpaired) electrons. The second-order valence-electron chi connectivity index (χ2n) is 5.92. The van der Waals surface area contributed by atoms with E-state index >= 15 is 0 Å². The van der Waals surface area contributed by atoms with Crippen LogP contribution in [0.5, 0.6) is 0 Å². The topological polar surface area (TPSA) is 86.1 Å². The Labute approximate surface area is 171 Å². The van der Waals surface area contributed by atoms with Gasteiger partial charge in [0.05, 0.1) is 22.1 Å². The van der Waals surface area contributed by atoms with Crippen LogP contribution < -0.4 is 5.32 Å². The van der Waals surface area contributed by atoms with Gasteiger partial charge in [0.15, 0.2) is 11.8 Å². The summed E-state index contributed by atoms with van der Waals surface area (Å²) in [4.78, 5) is 26.1. The molecule has 3 aromatic rings. The van der Waals surface area contributed by atoms with Gasteiger partial charge in [-0.15, -0.1) is 5.10 Å². The average molecular weight is 419 g/mol. The van der Waals surface area contributed by atoms with Gasteiger partial charge in [-0.2, -0.15) is 9.90 Å². The van der Waals surface area contributed by atoms with Crippen molar-refractivity contribution >= 4 is 40.8 Å². The Morgan fingerprint density at radius 1 is 1.11 bits per heavy atom. The maximum absolute atomic E-state index is 12.4. The molecular formula is C19H16Cl2N4O3. The first-order valence-corrected chi connectivity index (χ1v) is 9.07. The molecule has 28 heavy (non-hydrogen) atoms. The number of hydrogen-bond donors (Lipinski definition) is 1. The zero-order valence-electron chi connectivity index (χ0n) is 15.0. The second-order valence-corrected chi connectivity index (χ2v) is 6.76. The molecule has 1 unspecified atom stereocenters. The number of amides is 1. The molecule has 0 fully saturated rings. The molecule has 1 atom stereocenters. The smallest absolute Gasteiger partial charge is 0.361 e. The van der Waals surface area contributed by atoms with Crippen LogP contribution in [0, 0.1) is 6.92 Å². The van der Waals surface area contributed by atoms with Crippen molar-refractivity contribution in [1.29, 1.82) is 0 Å². The highest BCUT2D eigenvalue weighted by molar-refractivity contribution is 6.35. The second kappa shape index (κ2) is 8.41.